The summed E-state index contributed by atoms with van der Waals surface area (Å²) in [5.41, 5.74) is -1.26. The van der Waals surface area contributed by atoms with Gasteiger partial charge in [0, 0.05) is 6.61 Å². The molecule has 3 rings (SSSR count). The van der Waals surface area contributed by atoms with Crippen LogP contribution in [-0.2, 0) is 10.3 Å². The standard InChI is InChI=1S/C16H20N2O4S/c1-10-5-6-13(22-10)16(2,20)9-18-14(19)12-8-17-15(23-12)11-4-3-7-21-11/h5-6,8,11,20H,3-4,7,9H2,1-2H3,(H,18,19). The summed E-state index contributed by atoms with van der Waals surface area (Å²) in [4.78, 5) is 17.0. The number of nitrogens with zero attached hydrogens (tertiary/aromatic N) is 1. The maximum Gasteiger partial charge on any atom is 0.263 e. The van der Waals surface area contributed by atoms with Crippen LogP contribution >= 0.6 is 11.3 Å². The Bertz CT molecular complexity index is 686. The minimum absolute atomic E-state index is 0.00996. The SMILES string of the molecule is Cc1ccc(C(C)(O)CNC(=O)c2cnc(C3CCCO3)s2)o1. The second kappa shape index (κ2) is 6.43. The van der Waals surface area contributed by atoms with Crippen molar-refractivity contribution in [3.05, 3.63) is 39.7 Å². The lowest BCUT2D eigenvalue weighted by Crippen LogP contribution is -2.38. The number of ether oxygens (including phenoxy) is 1. The monoisotopic (exact) mass is 336 g/mol. The number of furan rings is 1. The maximum atomic E-state index is 12.2. The van der Waals surface area contributed by atoms with Gasteiger partial charge in [0.2, 0.25) is 0 Å². The lowest BCUT2D eigenvalue weighted by Gasteiger charge is -2.20. The number of thiazole rings is 1. The van der Waals surface area contributed by atoms with Gasteiger partial charge in [0.25, 0.3) is 5.91 Å². The van der Waals surface area contributed by atoms with Gasteiger partial charge in [-0.25, -0.2) is 4.98 Å². The fourth-order valence-electron chi connectivity index (χ4n) is 2.46. The van der Waals surface area contributed by atoms with Crippen LogP contribution in [0.4, 0.5) is 0 Å². The number of hydrogen-bond acceptors (Lipinski definition) is 6. The van der Waals surface area contributed by atoms with Crippen molar-refractivity contribution in [1.29, 1.82) is 0 Å². The summed E-state index contributed by atoms with van der Waals surface area (Å²) in [5.74, 6) is 0.894. The van der Waals surface area contributed by atoms with Crippen molar-refractivity contribution in [2.24, 2.45) is 0 Å². The lowest BCUT2D eigenvalue weighted by atomic mass is 10.0. The Morgan fingerprint density at radius 2 is 2.39 bits per heavy atom. The van der Waals surface area contributed by atoms with Gasteiger partial charge < -0.3 is 19.6 Å². The van der Waals surface area contributed by atoms with E-state index in [1.54, 1.807) is 25.3 Å². The number of nitrogens with one attached hydrogen (secondary N) is 1. The zero-order chi connectivity index (χ0) is 16.4. The van der Waals surface area contributed by atoms with E-state index in [0.29, 0.717) is 10.6 Å². The van der Waals surface area contributed by atoms with Crippen LogP contribution in [0, 0.1) is 6.92 Å². The summed E-state index contributed by atoms with van der Waals surface area (Å²) in [6.07, 6.45) is 3.54. The first-order valence-electron chi connectivity index (χ1n) is 7.60. The highest BCUT2D eigenvalue weighted by molar-refractivity contribution is 7.13. The molecule has 0 spiro atoms. The molecule has 2 aromatic rings. The van der Waals surface area contributed by atoms with Gasteiger partial charge in [-0.3, -0.25) is 4.79 Å². The van der Waals surface area contributed by atoms with Crippen molar-refractivity contribution in [3.8, 4) is 0 Å². The van der Waals surface area contributed by atoms with Crippen molar-refractivity contribution in [1.82, 2.24) is 10.3 Å². The van der Waals surface area contributed by atoms with E-state index in [-0.39, 0.29) is 18.6 Å². The normalized spacial score (nSPS) is 20.4. The van der Waals surface area contributed by atoms with Crippen molar-refractivity contribution < 1.29 is 19.1 Å². The molecule has 0 bridgehead atoms. The summed E-state index contributed by atoms with van der Waals surface area (Å²) < 4.78 is 11.0. The molecule has 124 valence electrons. The van der Waals surface area contributed by atoms with Gasteiger partial charge in [-0.05, 0) is 38.8 Å². The van der Waals surface area contributed by atoms with Crippen molar-refractivity contribution in [2.75, 3.05) is 13.2 Å². The van der Waals surface area contributed by atoms with E-state index in [1.807, 2.05) is 6.92 Å². The molecule has 2 N–H and O–H groups in total. The predicted octanol–water partition coefficient (Wildman–Crippen LogP) is 2.53. The highest BCUT2D eigenvalue weighted by Crippen LogP contribution is 2.31. The Kier molecular flexibility index (Phi) is 4.52. The van der Waals surface area contributed by atoms with Gasteiger partial charge in [0.15, 0.2) is 0 Å². The van der Waals surface area contributed by atoms with Crippen LogP contribution < -0.4 is 5.32 Å². The largest absolute Gasteiger partial charge is 0.463 e. The van der Waals surface area contributed by atoms with E-state index in [9.17, 15) is 9.90 Å². The van der Waals surface area contributed by atoms with Gasteiger partial charge in [0.05, 0.1) is 12.7 Å². The number of carbonyl (C=O) groups is 1. The molecule has 0 radical (unpaired) electrons. The molecule has 7 heteroatoms. The summed E-state index contributed by atoms with van der Waals surface area (Å²) in [7, 11) is 0. The van der Waals surface area contributed by atoms with Crippen LogP contribution in [0.15, 0.2) is 22.7 Å². The van der Waals surface area contributed by atoms with Gasteiger partial charge in [-0.15, -0.1) is 11.3 Å². The maximum absolute atomic E-state index is 12.2. The highest BCUT2D eigenvalue weighted by atomic mass is 32.1. The lowest BCUT2D eigenvalue weighted by molar-refractivity contribution is 0.0324. The molecule has 1 saturated heterocycles. The molecular formula is C16H20N2O4S. The molecule has 2 atom stereocenters. The first kappa shape index (κ1) is 16.2. The Labute approximate surface area is 138 Å². The van der Waals surface area contributed by atoms with Gasteiger partial charge in [-0.2, -0.15) is 0 Å². The Morgan fingerprint density at radius 3 is 3.04 bits per heavy atom. The zero-order valence-corrected chi connectivity index (χ0v) is 14.0. The van der Waals surface area contributed by atoms with E-state index < -0.39 is 5.60 Å². The molecule has 0 aliphatic carbocycles. The third-order valence-electron chi connectivity index (χ3n) is 3.82. The molecule has 0 aromatic carbocycles. The van der Waals surface area contributed by atoms with Crippen LogP contribution in [0.2, 0.25) is 0 Å². The summed E-state index contributed by atoms with van der Waals surface area (Å²) in [5, 5.41) is 14.0. The van der Waals surface area contributed by atoms with Crippen LogP contribution in [0.5, 0.6) is 0 Å². The first-order chi connectivity index (χ1) is 11.0. The van der Waals surface area contributed by atoms with Gasteiger partial charge in [0.1, 0.15) is 33.1 Å². The number of amides is 1. The van der Waals surface area contributed by atoms with Gasteiger partial charge in [-0.1, -0.05) is 0 Å². The van der Waals surface area contributed by atoms with Gasteiger partial charge >= 0.3 is 0 Å². The van der Waals surface area contributed by atoms with E-state index >= 15 is 0 Å². The summed E-state index contributed by atoms with van der Waals surface area (Å²) in [6, 6.07) is 3.49. The van der Waals surface area contributed by atoms with Crippen molar-refractivity contribution in [2.45, 2.75) is 38.4 Å². The molecular weight excluding hydrogens is 316 g/mol. The number of rotatable bonds is 5. The molecule has 1 aliphatic heterocycles. The minimum Gasteiger partial charge on any atom is -0.463 e. The molecule has 1 aliphatic rings. The Morgan fingerprint density at radius 1 is 1.57 bits per heavy atom. The number of aromatic nitrogens is 1. The second-order valence-electron chi connectivity index (χ2n) is 5.93. The molecule has 23 heavy (non-hydrogen) atoms. The number of aliphatic hydroxyl groups is 1. The fraction of sp³-hybridized carbons (Fsp3) is 0.500. The average molecular weight is 336 g/mol. The molecule has 0 saturated carbocycles. The van der Waals surface area contributed by atoms with Crippen molar-refractivity contribution >= 4 is 17.2 Å². The third-order valence-corrected chi connectivity index (χ3v) is 4.90. The summed E-state index contributed by atoms with van der Waals surface area (Å²) >= 11 is 1.34. The zero-order valence-electron chi connectivity index (χ0n) is 13.2. The van der Waals surface area contributed by atoms with Crippen LogP contribution in [0.3, 0.4) is 0 Å². The minimum atomic E-state index is -1.26. The smallest absolute Gasteiger partial charge is 0.263 e. The Balaban J connectivity index is 1.60. The molecule has 6 nitrogen and oxygen atoms in total. The molecule has 2 unspecified atom stereocenters. The number of aryl methyl sites for hydroxylation is 1. The predicted molar refractivity (Wildman–Crippen MR) is 85.4 cm³/mol. The van der Waals surface area contributed by atoms with Crippen LogP contribution in [-0.4, -0.2) is 29.1 Å². The summed E-state index contributed by atoms with van der Waals surface area (Å²) in [6.45, 7) is 4.22. The second-order valence-corrected chi connectivity index (χ2v) is 6.99. The molecule has 3 heterocycles. The first-order valence-corrected chi connectivity index (χ1v) is 8.42. The fourth-order valence-corrected chi connectivity index (χ4v) is 3.38. The number of carbonyl (C=O) groups excluding carboxylic acids is 1. The number of hydrogen-bond donors (Lipinski definition) is 2. The third kappa shape index (κ3) is 3.63. The Hall–Kier alpha value is -1.70. The quantitative estimate of drug-likeness (QED) is 0.876. The average Bonchev–Trinajstić information content (AvgIpc) is 3.24. The molecule has 1 amide bonds. The molecule has 2 aromatic heterocycles. The van der Waals surface area contributed by atoms with Crippen LogP contribution in [0.1, 0.15) is 52.1 Å². The van der Waals surface area contributed by atoms with Crippen molar-refractivity contribution in [3.63, 3.8) is 0 Å². The van der Waals surface area contributed by atoms with E-state index in [0.717, 1.165) is 30.2 Å². The molecule has 1 fully saturated rings. The van der Waals surface area contributed by atoms with E-state index in [2.05, 4.69) is 10.3 Å². The van der Waals surface area contributed by atoms with E-state index in [4.69, 9.17) is 9.15 Å². The van der Waals surface area contributed by atoms with E-state index in [1.165, 1.54) is 11.3 Å². The van der Waals surface area contributed by atoms with Crippen LogP contribution in [0.25, 0.3) is 0 Å². The topological polar surface area (TPSA) is 84.6 Å². The highest BCUT2D eigenvalue weighted by Gasteiger charge is 2.28.